The lowest BCUT2D eigenvalue weighted by Gasteiger charge is -2.19. The molecule has 1 aromatic rings. The van der Waals surface area contributed by atoms with Crippen molar-refractivity contribution in [2.24, 2.45) is 17.6 Å². The van der Waals surface area contributed by atoms with Gasteiger partial charge in [0.1, 0.15) is 0 Å². The Kier molecular flexibility index (Phi) is 2.90. The van der Waals surface area contributed by atoms with Gasteiger partial charge in [0.25, 0.3) is 0 Å². The third-order valence-corrected chi connectivity index (χ3v) is 4.34. The molecule has 1 heterocycles. The first-order valence-corrected chi connectivity index (χ1v) is 6.81. The van der Waals surface area contributed by atoms with Crippen LogP contribution < -0.4 is 10.6 Å². The van der Waals surface area contributed by atoms with Gasteiger partial charge in [0, 0.05) is 6.54 Å². The molecule has 0 spiro atoms. The molecule has 2 aliphatic rings. The molecular formula is C15H18N2O2. The van der Waals surface area contributed by atoms with Crippen LogP contribution in [0.5, 0.6) is 0 Å². The van der Waals surface area contributed by atoms with Gasteiger partial charge in [-0.05, 0) is 37.0 Å². The Labute approximate surface area is 112 Å². The van der Waals surface area contributed by atoms with Crippen molar-refractivity contribution in [3.63, 3.8) is 0 Å². The summed E-state index contributed by atoms with van der Waals surface area (Å²) < 4.78 is 0. The fourth-order valence-electron chi connectivity index (χ4n) is 3.25. The molecule has 1 saturated heterocycles. The van der Waals surface area contributed by atoms with Gasteiger partial charge in [0.2, 0.25) is 11.8 Å². The van der Waals surface area contributed by atoms with Crippen LogP contribution >= 0.6 is 0 Å². The fraction of sp³-hybridized carbons (Fsp3) is 0.467. The average Bonchev–Trinajstić information content (AvgIpc) is 2.97. The molecular weight excluding hydrogens is 240 g/mol. The van der Waals surface area contributed by atoms with Gasteiger partial charge in [-0.1, -0.05) is 18.6 Å². The van der Waals surface area contributed by atoms with Crippen molar-refractivity contribution in [3.05, 3.63) is 29.3 Å². The van der Waals surface area contributed by atoms with Gasteiger partial charge in [0.05, 0.1) is 17.5 Å². The van der Waals surface area contributed by atoms with E-state index in [1.165, 1.54) is 4.90 Å². The molecule has 1 aliphatic heterocycles. The van der Waals surface area contributed by atoms with Crippen LogP contribution in [0.15, 0.2) is 18.2 Å². The molecule has 0 radical (unpaired) electrons. The smallest absolute Gasteiger partial charge is 0.237 e. The second kappa shape index (κ2) is 4.46. The van der Waals surface area contributed by atoms with Crippen molar-refractivity contribution >= 4 is 17.5 Å². The maximum Gasteiger partial charge on any atom is 0.237 e. The van der Waals surface area contributed by atoms with Gasteiger partial charge in [0.15, 0.2) is 0 Å². The summed E-state index contributed by atoms with van der Waals surface area (Å²) in [6.45, 7) is 2.33. The number of benzene rings is 1. The molecule has 2 amide bonds. The largest absolute Gasteiger partial charge is 0.326 e. The van der Waals surface area contributed by atoms with Gasteiger partial charge >= 0.3 is 0 Å². The molecule has 19 heavy (non-hydrogen) atoms. The molecule has 1 aliphatic carbocycles. The zero-order chi connectivity index (χ0) is 13.6. The predicted octanol–water partition coefficient (Wildman–Crippen LogP) is 1.74. The number of carbonyl (C=O) groups excluding carboxylic acids is 2. The highest BCUT2D eigenvalue weighted by atomic mass is 16.2. The second-order valence-corrected chi connectivity index (χ2v) is 5.48. The summed E-state index contributed by atoms with van der Waals surface area (Å²) in [6, 6.07) is 5.73. The van der Waals surface area contributed by atoms with Crippen LogP contribution in [0.1, 0.15) is 30.4 Å². The Hall–Kier alpha value is -1.68. The van der Waals surface area contributed by atoms with Crippen LogP contribution in [0.2, 0.25) is 0 Å². The highest BCUT2D eigenvalue weighted by molar-refractivity contribution is 6.22. The summed E-state index contributed by atoms with van der Waals surface area (Å²) in [5.41, 5.74) is 8.24. The Balaban J connectivity index is 2.03. The first kappa shape index (κ1) is 12.4. The van der Waals surface area contributed by atoms with E-state index in [0.717, 1.165) is 30.4 Å². The number of rotatable bonds is 2. The lowest BCUT2D eigenvalue weighted by Crippen LogP contribution is -2.32. The molecule has 2 fully saturated rings. The molecule has 2 unspecified atom stereocenters. The van der Waals surface area contributed by atoms with Gasteiger partial charge in [-0.15, -0.1) is 0 Å². The van der Waals surface area contributed by atoms with Crippen LogP contribution in [0.4, 0.5) is 5.69 Å². The van der Waals surface area contributed by atoms with Gasteiger partial charge < -0.3 is 5.73 Å². The van der Waals surface area contributed by atoms with Crippen LogP contribution in [0.3, 0.4) is 0 Å². The second-order valence-electron chi connectivity index (χ2n) is 5.48. The molecule has 3 rings (SSSR count). The van der Waals surface area contributed by atoms with Crippen LogP contribution in [-0.4, -0.2) is 11.8 Å². The van der Waals surface area contributed by atoms with Gasteiger partial charge in [-0.2, -0.15) is 0 Å². The lowest BCUT2D eigenvalue weighted by molar-refractivity contribution is -0.122. The minimum absolute atomic E-state index is 0.0234. The van der Waals surface area contributed by atoms with E-state index in [0.29, 0.717) is 12.2 Å². The monoisotopic (exact) mass is 258 g/mol. The Morgan fingerprint density at radius 1 is 1.21 bits per heavy atom. The van der Waals surface area contributed by atoms with E-state index >= 15 is 0 Å². The van der Waals surface area contributed by atoms with E-state index in [2.05, 4.69) is 0 Å². The lowest BCUT2D eigenvalue weighted by atomic mass is 10.00. The zero-order valence-corrected chi connectivity index (χ0v) is 11.1. The molecule has 100 valence electrons. The first-order chi connectivity index (χ1) is 9.13. The summed E-state index contributed by atoms with van der Waals surface area (Å²) >= 11 is 0. The molecule has 1 saturated carbocycles. The minimum Gasteiger partial charge on any atom is -0.326 e. The standard InChI is InChI=1S/C15H18N2O2/c1-9-5-6-10(8-16)7-13(9)17-14(18)11-3-2-4-12(11)15(17)19/h5-7,11-12H,2-4,8,16H2,1H3. The SMILES string of the molecule is Cc1ccc(CN)cc1N1C(=O)C2CCCC2C1=O. The number of amides is 2. The summed E-state index contributed by atoms with van der Waals surface area (Å²) in [5, 5.41) is 0. The number of nitrogens with zero attached hydrogens (tertiary/aromatic N) is 1. The van der Waals surface area contributed by atoms with E-state index in [9.17, 15) is 9.59 Å². The number of imide groups is 1. The number of carbonyl (C=O) groups is 2. The number of hydrogen-bond acceptors (Lipinski definition) is 3. The molecule has 4 nitrogen and oxygen atoms in total. The molecule has 4 heteroatoms. The highest BCUT2D eigenvalue weighted by Gasteiger charge is 2.50. The van der Waals surface area contributed by atoms with Crippen LogP contribution in [0.25, 0.3) is 0 Å². The Bertz CT molecular complexity index is 531. The van der Waals surface area contributed by atoms with Crippen molar-refractivity contribution in [1.29, 1.82) is 0 Å². The number of anilines is 1. The summed E-state index contributed by atoms with van der Waals surface area (Å²) in [4.78, 5) is 26.2. The number of aryl methyl sites for hydroxylation is 1. The van der Waals surface area contributed by atoms with Gasteiger partial charge in [-0.3, -0.25) is 9.59 Å². The molecule has 0 aromatic heterocycles. The first-order valence-electron chi connectivity index (χ1n) is 6.81. The average molecular weight is 258 g/mol. The third-order valence-electron chi connectivity index (χ3n) is 4.34. The molecule has 2 N–H and O–H groups in total. The van der Waals surface area contributed by atoms with Crippen molar-refractivity contribution in [1.82, 2.24) is 0 Å². The van der Waals surface area contributed by atoms with Crippen molar-refractivity contribution in [2.45, 2.75) is 32.7 Å². The van der Waals surface area contributed by atoms with Crippen molar-refractivity contribution in [2.75, 3.05) is 4.90 Å². The molecule has 1 aromatic carbocycles. The maximum atomic E-state index is 12.4. The van der Waals surface area contributed by atoms with Crippen LogP contribution in [-0.2, 0) is 16.1 Å². The summed E-state index contributed by atoms with van der Waals surface area (Å²) in [5.74, 6) is -0.226. The Morgan fingerprint density at radius 2 is 1.84 bits per heavy atom. The quantitative estimate of drug-likeness (QED) is 0.822. The summed E-state index contributed by atoms with van der Waals surface area (Å²) in [7, 11) is 0. The number of fused-ring (bicyclic) bond motifs is 1. The van der Waals surface area contributed by atoms with E-state index in [-0.39, 0.29) is 23.7 Å². The maximum absolute atomic E-state index is 12.4. The predicted molar refractivity (Wildman–Crippen MR) is 72.4 cm³/mol. The van der Waals surface area contributed by atoms with E-state index < -0.39 is 0 Å². The highest BCUT2D eigenvalue weighted by Crippen LogP contribution is 2.42. The fourth-order valence-corrected chi connectivity index (χ4v) is 3.25. The van der Waals surface area contributed by atoms with Crippen molar-refractivity contribution < 1.29 is 9.59 Å². The minimum atomic E-state index is -0.0894. The van der Waals surface area contributed by atoms with Crippen molar-refractivity contribution in [3.8, 4) is 0 Å². The van der Waals surface area contributed by atoms with Crippen LogP contribution in [0, 0.1) is 18.8 Å². The van der Waals surface area contributed by atoms with Gasteiger partial charge in [-0.25, -0.2) is 4.90 Å². The Morgan fingerprint density at radius 3 is 2.42 bits per heavy atom. The molecule has 0 bridgehead atoms. The van der Waals surface area contributed by atoms with E-state index in [1.54, 1.807) is 0 Å². The molecule has 2 atom stereocenters. The number of hydrogen-bond donors (Lipinski definition) is 1. The third kappa shape index (κ3) is 1.78. The van der Waals surface area contributed by atoms with E-state index in [1.807, 2.05) is 25.1 Å². The normalized spacial score (nSPS) is 26.1. The van der Waals surface area contributed by atoms with E-state index in [4.69, 9.17) is 5.73 Å². The summed E-state index contributed by atoms with van der Waals surface area (Å²) in [6.07, 6.45) is 2.69. The number of nitrogens with two attached hydrogens (primary N) is 1. The topological polar surface area (TPSA) is 63.4 Å². The zero-order valence-electron chi connectivity index (χ0n) is 11.1.